The molecule has 1 aromatic carbocycles. The van der Waals surface area contributed by atoms with Crippen molar-refractivity contribution in [2.75, 3.05) is 12.3 Å². The van der Waals surface area contributed by atoms with Gasteiger partial charge in [0.05, 0.1) is 11.3 Å². The number of hydrogen-bond acceptors (Lipinski definition) is 5. The lowest BCUT2D eigenvalue weighted by atomic mass is 10.2. The maximum Gasteiger partial charge on any atom is 0.250 e. The van der Waals surface area contributed by atoms with Crippen molar-refractivity contribution >= 4 is 10.0 Å². The van der Waals surface area contributed by atoms with Crippen LogP contribution in [0.5, 0.6) is 0 Å². The van der Waals surface area contributed by atoms with E-state index in [4.69, 9.17) is 4.42 Å². The fraction of sp³-hybridized carbons (Fsp3) is 0.429. The highest BCUT2D eigenvalue weighted by Gasteiger charge is 2.13. The van der Waals surface area contributed by atoms with Crippen LogP contribution in [-0.4, -0.2) is 30.9 Å². The van der Waals surface area contributed by atoms with Crippen molar-refractivity contribution in [2.45, 2.75) is 26.2 Å². The maximum absolute atomic E-state index is 13.6. The molecule has 0 atom stereocenters. The van der Waals surface area contributed by atoms with Gasteiger partial charge in [-0.15, -0.1) is 10.2 Å². The first-order valence-electron chi connectivity index (χ1n) is 7.06. The van der Waals surface area contributed by atoms with Crippen molar-refractivity contribution in [3.8, 4) is 11.5 Å². The number of rotatable bonds is 8. The minimum absolute atomic E-state index is 0.0851. The molecule has 0 bridgehead atoms. The Morgan fingerprint density at radius 2 is 2.05 bits per heavy atom. The molecule has 2 rings (SSSR count). The Hall–Kier alpha value is -1.80. The van der Waals surface area contributed by atoms with Crippen molar-refractivity contribution < 1.29 is 17.2 Å². The van der Waals surface area contributed by atoms with Crippen LogP contribution >= 0.6 is 0 Å². The van der Waals surface area contributed by atoms with E-state index >= 15 is 0 Å². The molecule has 120 valence electrons. The van der Waals surface area contributed by atoms with E-state index in [1.54, 1.807) is 18.2 Å². The van der Waals surface area contributed by atoms with E-state index in [0.29, 0.717) is 6.42 Å². The van der Waals surface area contributed by atoms with Crippen LogP contribution in [0.4, 0.5) is 4.39 Å². The van der Waals surface area contributed by atoms with E-state index in [1.807, 2.05) is 6.92 Å². The van der Waals surface area contributed by atoms with E-state index in [2.05, 4.69) is 14.9 Å². The van der Waals surface area contributed by atoms with Crippen LogP contribution < -0.4 is 4.72 Å². The first kappa shape index (κ1) is 16.6. The number of halogens is 1. The zero-order valence-electron chi connectivity index (χ0n) is 12.3. The predicted molar refractivity (Wildman–Crippen MR) is 80.1 cm³/mol. The molecule has 1 heterocycles. The van der Waals surface area contributed by atoms with Gasteiger partial charge in [0.2, 0.25) is 15.9 Å². The van der Waals surface area contributed by atoms with Crippen LogP contribution in [0.3, 0.4) is 0 Å². The summed E-state index contributed by atoms with van der Waals surface area (Å²) in [5.41, 5.74) is 0.227. The van der Waals surface area contributed by atoms with Gasteiger partial charge in [0, 0.05) is 13.0 Å². The van der Waals surface area contributed by atoms with E-state index in [0.717, 1.165) is 6.42 Å². The van der Waals surface area contributed by atoms with Crippen LogP contribution in [0.1, 0.15) is 25.7 Å². The maximum atomic E-state index is 13.6. The number of aromatic nitrogens is 2. The van der Waals surface area contributed by atoms with Crippen molar-refractivity contribution in [3.63, 3.8) is 0 Å². The second-order valence-corrected chi connectivity index (χ2v) is 6.72. The van der Waals surface area contributed by atoms with Crippen LogP contribution in [0, 0.1) is 5.82 Å². The van der Waals surface area contributed by atoms with Gasteiger partial charge in [-0.25, -0.2) is 17.5 Å². The summed E-state index contributed by atoms with van der Waals surface area (Å²) < 4.78 is 44.7. The third kappa shape index (κ3) is 4.60. The fourth-order valence-corrected chi connectivity index (χ4v) is 3.04. The number of hydrogen-bond donors (Lipinski definition) is 1. The SMILES string of the molecule is CCCCS(=O)(=O)NCCc1nnc(-c2ccccc2F)o1. The molecular weight excluding hydrogens is 309 g/mol. The standard InChI is InChI=1S/C14H18FN3O3S/c1-2-3-10-22(19,20)16-9-8-13-17-18-14(21-13)11-6-4-5-7-12(11)15/h4-7,16H,2-3,8-10H2,1H3. The summed E-state index contributed by atoms with van der Waals surface area (Å²) in [6.07, 6.45) is 1.69. The van der Waals surface area contributed by atoms with Gasteiger partial charge in [-0.3, -0.25) is 0 Å². The number of unbranched alkanes of at least 4 members (excludes halogenated alkanes) is 1. The van der Waals surface area contributed by atoms with Crippen molar-refractivity contribution in [1.29, 1.82) is 0 Å². The molecule has 1 aromatic heterocycles. The molecule has 0 aliphatic heterocycles. The van der Waals surface area contributed by atoms with Crippen LogP contribution in [0.25, 0.3) is 11.5 Å². The van der Waals surface area contributed by atoms with Gasteiger partial charge in [-0.1, -0.05) is 25.5 Å². The lowest BCUT2D eigenvalue weighted by molar-refractivity contribution is 0.498. The number of benzene rings is 1. The van der Waals surface area contributed by atoms with Gasteiger partial charge < -0.3 is 4.42 Å². The molecule has 0 fully saturated rings. The van der Waals surface area contributed by atoms with E-state index in [1.165, 1.54) is 6.07 Å². The highest BCUT2D eigenvalue weighted by molar-refractivity contribution is 7.89. The normalized spacial score (nSPS) is 11.7. The quantitative estimate of drug-likeness (QED) is 0.803. The summed E-state index contributed by atoms with van der Waals surface area (Å²) in [7, 11) is -3.27. The summed E-state index contributed by atoms with van der Waals surface area (Å²) in [5.74, 6) is 0.00437. The molecule has 0 spiro atoms. The Balaban J connectivity index is 1.92. The molecule has 2 aromatic rings. The lowest BCUT2D eigenvalue weighted by Crippen LogP contribution is -2.28. The van der Waals surface area contributed by atoms with Crippen LogP contribution in [-0.2, 0) is 16.4 Å². The summed E-state index contributed by atoms with van der Waals surface area (Å²) in [5, 5.41) is 7.58. The molecule has 0 saturated carbocycles. The molecule has 0 aliphatic rings. The zero-order chi connectivity index (χ0) is 16.0. The van der Waals surface area contributed by atoms with Gasteiger partial charge in [-0.05, 0) is 18.6 Å². The largest absolute Gasteiger partial charge is 0.421 e. The molecule has 6 nitrogen and oxygen atoms in total. The molecule has 0 saturated heterocycles. The fourth-order valence-electron chi connectivity index (χ4n) is 1.82. The van der Waals surface area contributed by atoms with Crippen molar-refractivity contribution in [2.24, 2.45) is 0 Å². The Labute approximate surface area is 128 Å². The monoisotopic (exact) mass is 327 g/mol. The third-order valence-electron chi connectivity index (χ3n) is 3.00. The van der Waals surface area contributed by atoms with Crippen LogP contribution in [0.15, 0.2) is 28.7 Å². The molecular formula is C14H18FN3O3S. The summed E-state index contributed by atoms with van der Waals surface area (Å²) >= 11 is 0. The minimum Gasteiger partial charge on any atom is -0.421 e. The molecule has 8 heteroatoms. The predicted octanol–water partition coefficient (Wildman–Crippen LogP) is 2.14. The van der Waals surface area contributed by atoms with Gasteiger partial charge in [-0.2, -0.15) is 0 Å². The molecule has 0 amide bonds. The Kier molecular flexibility index (Phi) is 5.62. The molecule has 0 aliphatic carbocycles. The molecule has 1 N–H and O–H groups in total. The van der Waals surface area contributed by atoms with Gasteiger partial charge in [0.25, 0.3) is 5.89 Å². The second kappa shape index (κ2) is 7.46. The Morgan fingerprint density at radius 1 is 1.27 bits per heavy atom. The third-order valence-corrected chi connectivity index (χ3v) is 4.47. The number of sulfonamides is 1. The average molecular weight is 327 g/mol. The van der Waals surface area contributed by atoms with Gasteiger partial charge in [0.15, 0.2) is 0 Å². The summed E-state index contributed by atoms with van der Waals surface area (Å²) in [4.78, 5) is 0. The van der Waals surface area contributed by atoms with Gasteiger partial charge in [0.1, 0.15) is 5.82 Å². The highest BCUT2D eigenvalue weighted by Crippen LogP contribution is 2.20. The van der Waals surface area contributed by atoms with Crippen molar-refractivity contribution in [3.05, 3.63) is 36.0 Å². The van der Waals surface area contributed by atoms with E-state index < -0.39 is 15.8 Å². The topological polar surface area (TPSA) is 85.1 Å². The van der Waals surface area contributed by atoms with Crippen molar-refractivity contribution in [1.82, 2.24) is 14.9 Å². The van der Waals surface area contributed by atoms with E-state index in [9.17, 15) is 12.8 Å². The molecule has 22 heavy (non-hydrogen) atoms. The second-order valence-electron chi connectivity index (χ2n) is 4.80. The number of nitrogens with one attached hydrogen (secondary N) is 1. The highest BCUT2D eigenvalue weighted by atomic mass is 32.2. The summed E-state index contributed by atoms with van der Waals surface area (Å²) in [6, 6.07) is 6.09. The zero-order valence-corrected chi connectivity index (χ0v) is 13.1. The molecule has 0 radical (unpaired) electrons. The molecule has 0 unspecified atom stereocenters. The van der Waals surface area contributed by atoms with E-state index in [-0.39, 0.29) is 36.1 Å². The number of nitrogens with zero attached hydrogens (tertiary/aromatic N) is 2. The smallest absolute Gasteiger partial charge is 0.250 e. The first-order valence-corrected chi connectivity index (χ1v) is 8.71. The summed E-state index contributed by atoms with van der Waals surface area (Å²) in [6.45, 7) is 2.10. The average Bonchev–Trinajstić information content (AvgIpc) is 2.94. The van der Waals surface area contributed by atoms with Crippen LogP contribution in [0.2, 0.25) is 0 Å². The van der Waals surface area contributed by atoms with Gasteiger partial charge >= 0.3 is 0 Å². The lowest BCUT2D eigenvalue weighted by Gasteiger charge is -2.03. The first-order chi connectivity index (χ1) is 10.5. The Bertz CT molecular complexity index is 716. The Morgan fingerprint density at radius 3 is 2.77 bits per heavy atom. The minimum atomic E-state index is -3.27.